The van der Waals surface area contributed by atoms with Gasteiger partial charge in [-0.3, -0.25) is 0 Å². The Balaban J connectivity index is 3.00. The molecular formula is C11H16BrNO2. The molecule has 0 aliphatic rings. The molecule has 0 saturated carbocycles. The summed E-state index contributed by atoms with van der Waals surface area (Å²) in [5.74, 6) is 0.791. The van der Waals surface area contributed by atoms with Crippen molar-refractivity contribution in [2.75, 3.05) is 14.2 Å². The first kappa shape index (κ1) is 12.5. The fourth-order valence-electron chi connectivity index (χ4n) is 1.56. The normalized spacial score (nSPS) is 14.7. The molecule has 0 aromatic heterocycles. The summed E-state index contributed by atoms with van der Waals surface area (Å²) in [6.07, 6.45) is -0.435. The van der Waals surface area contributed by atoms with E-state index in [9.17, 15) is 5.11 Å². The molecule has 2 atom stereocenters. The van der Waals surface area contributed by atoms with Crippen LogP contribution in [-0.2, 0) is 0 Å². The Kier molecular flexibility index (Phi) is 4.57. The Hall–Kier alpha value is -0.580. The van der Waals surface area contributed by atoms with Crippen molar-refractivity contribution >= 4 is 15.9 Å². The standard InChI is InChI=1S/C11H16BrNO2/c1-7(14)11(13-2)8-4-5-10(15-3)9(12)6-8/h4-7,11,13-14H,1-3H3. The first-order chi connectivity index (χ1) is 7.10. The number of methoxy groups -OCH3 is 1. The highest BCUT2D eigenvalue weighted by molar-refractivity contribution is 9.10. The number of ether oxygens (including phenoxy) is 1. The second-order valence-corrected chi connectivity index (χ2v) is 4.26. The minimum Gasteiger partial charge on any atom is -0.496 e. The molecule has 0 aliphatic carbocycles. The number of likely N-dealkylation sites (N-methyl/N-ethyl adjacent to an activating group) is 1. The van der Waals surface area contributed by atoms with Gasteiger partial charge in [-0.25, -0.2) is 0 Å². The van der Waals surface area contributed by atoms with Gasteiger partial charge in [-0.2, -0.15) is 0 Å². The molecule has 0 amide bonds. The Labute approximate surface area is 98.6 Å². The molecular weight excluding hydrogens is 258 g/mol. The van der Waals surface area contributed by atoms with Crippen molar-refractivity contribution in [3.8, 4) is 5.75 Å². The molecule has 0 fully saturated rings. The Morgan fingerprint density at radius 2 is 2.13 bits per heavy atom. The number of aliphatic hydroxyl groups is 1. The minimum atomic E-state index is -0.435. The van der Waals surface area contributed by atoms with E-state index in [1.165, 1.54) is 0 Å². The topological polar surface area (TPSA) is 41.5 Å². The maximum Gasteiger partial charge on any atom is 0.133 e. The zero-order valence-electron chi connectivity index (χ0n) is 9.12. The number of halogens is 1. The molecule has 4 heteroatoms. The average molecular weight is 274 g/mol. The molecule has 3 nitrogen and oxygen atoms in total. The quantitative estimate of drug-likeness (QED) is 0.883. The van der Waals surface area contributed by atoms with E-state index in [-0.39, 0.29) is 6.04 Å². The molecule has 84 valence electrons. The summed E-state index contributed by atoms with van der Waals surface area (Å²) in [5, 5.41) is 12.6. The van der Waals surface area contributed by atoms with E-state index in [2.05, 4.69) is 21.2 Å². The van der Waals surface area contributed by atoms with Crippen LogP contribution in [0.5, 0.6) is 5.75 Å². The van der Waals surface area contributed by atoms with Crippen LogP contribution in [0.4, 0.5) is 0 Å². The van der Waals surface area contributed by atoms with Crippen LogP contribution in [0.15, 0.2) is 22.7 Å². The molecule has 0 radical (unpaired) electrons. The lowest BCUT2D eigenvalue weighted by Crippen LogP contribution is -2.26. The van der Waals surface area contributed by atoms with Gasteiger partial charge in [0.05, 0.1) is 23.7 Å². The summed E-state index contributed by atoms with van der Waals surface area (Å²) in [6, 6.07) is 5.71. The van der Waals surface area contributed by atoms with Crippen molar-refractivity contribution in [1.82, 2.24) is 5.32 Å². The fraction of sp³-hybridized carbons (Fsp3) is 0.455. The molecule has 1 rings (SSSR count). The van der Waals surface area contributed by atoms with Gasteiger partial charge in [0.15, 0.2) is 0 Å². The molecule has 0 heterocycles. The number of benzene rings is 1. The van der Waals surface area contributed by atoms with Crippen molar-refractivity contribution in [2.45, 2.75) is 19.1 Å². The van der Waals surface area contributed by atoms with Gasteiger partial charge < -0.3 is 15.2 Å². The lowest BCUT2D eigenvalue weighted by Gasteiger charge is -2.20. The molecule has 2 unspecified atom stereocenters. The van der Waals surface area contributed by atoms with Gasteiger partial charge in [-0.05, 0) is 47.6 Å². The van der Waals surface area contributed by atoms with E-state index < -0.39 is 6.10 Å². The average Bonchev–Trinajstić information content (AvgIpc) is 2.18. The summed E-state index contributed by atoms with van der Waals surface area (Å²) >= 11 is 3.42. The molecule has 15 heavy (non-hydrogen) atoms. The zero-order valence-corrected chi connectivity index (χ0v) is 10.7. The van der Waals surface area contributed by atoms with Crippen LogP contribution in [-0.4, -0.2) is 25.4 Å². The van der Waals surface area contributed by atoms with E-state index in [0.29, 0.717) is 0 Å². The van der Waals surface area contributed by atoms with Gasteiger partial charge >= 0.3 is 0 Å². The van der Waals surface area contributed by atoms with E-state index in [4.69, 9.17) is 4.74 Å². The lowest BCUT2D eigenvalue weighted by molar-refractivity contribution is 0.150. The zero-order chi connectivity index (χ0) is 11.4. The predicted molar refractivity (Wildman–Crippen MR) is 64.2 cm³/mol. The number of hydrogen-bond acceptors (Lipinski definition) is 3. The lowest BCUT2D eigenvalue weighted by atomic mass is 10.0. The summed E-state index contributed by atoms with van der Waals surface area (Å²) < 4.78 is 6.04. The number of aliphatic hydroxyl groups excluding tert-OH is 1. The van der Waals surface area contributed by atoms with Crippen molar-refractivity contribution in [3.05, 3.63) is 28.2 Å². The summed E-state index contributed by atoms with van der Waals surface area (Å²) in [4.78, 5) is 0. The van der Waals surface area contributed by atoms with Gasteiger partial charge in [0.2, 0.25) is 0 Å². The summed E-state index contributed by atoms with van der Waals surface area (Å²) in [7, 11) is 3.46. The van der Waals surface area contributed by atoms with Gasteiger partial charge in [0.1, 0.15) is 5.75 Å². The van der Waals surface area contributed by atoms with Crippen LogP contribution in [0.2, 0.25) is 0 Å². The van der Waals surface area contributed by atoms with E-state index in [0.717, 1.165) is 15.8 Å². The molecule has 2 N–H and O–H groups in total. The second kappa shape index (κ2) is 5.49. The molecule has 1 aromatic rings. The minimum absolute atomic E-state index is 0.0628. The Morgan fingerprint density at radius 1 is 1.47 bits per heavy atom. The molecule has 0 saturated heterocycles. The van der Waals surface area contributed by atoms with E-state index in [1.807, 2.05) is 25.2 Å². The number of rotatable bonds is 4. The first-order valence-electron chi connectivity index (χ1n) is 4.79. The predicted octanol–water partition coefficient (Wildman–Crippen LogP) is 2.10. The third-order valence-corrected chi connectivity index (χ3v) is 2.95. The Morgan fingerprint density at radius 3 is 2.53 bits per heavy atom. The third kappa shape index (κ3) is 2.93. The van der Waals surface area contributed by atoms with Crippen LogP contribution < -0.4 is 10.1 Å². The molecule has 1 aromatic carbocycles. The number of hydrogen-bond donors (Lipinski definition) is 2. The monoisotopic (exact) mass is 273 g/mol. The van der Waals surface area contributed by atoms with Crippen molar-refractivity contribution in [2.24, 2.45) is 0 Å². The highest BCUT2D eigenvalue weighted by atomic mass is 79.9. The number of nitrogens with one attached hydrogen (secondary N) is 1. The van der Waals surface area contributed by atoms with Crippen molar-refractivity contribution in [3.63, 3.8) is 0 Å². The fourth-order valence-corrected chi connectivity index (χ4v) is 2.12. The third-order valence-electron chi connectivity index (χ3n) is 2.33. The van der Waals surface area contributed by atoms with Crippen LogP contribution in [0.1, 0.15) is 18.5 Å². The molecule has 0 aliphatic heterocycles. The SMILES string of the molecule is CNC(c1ccc(OC)c(Br)c1)C(C)O. The maximum absolute atomic E-state index is 9.57. The highest BCUT2D eigenvalue weighted by Crippen LogP contribution is 2.28. The van der Waals surface area contributed by atoms with E-state index in [1.54, 1.807) is 14.0 Å². The van der Waals surface area contributed by atoms with Crippen molar-refractivity contribution < 1.29 is 9.84 Å². The van der Waals surface area contributed by atoms with Gasteiger partial charge in [-0.1, -0.05) is 6.07 Å². The molecule has 0 spiro atoms. The van der Waals surface area contributed by atoms with Gasteiger partial charge in [-0.15, -0.1) is 0 Å². The molecule has 0 bridgehead atoms. The largest absolute Gasteiger partial charge is 0.496 e. The highest BCUT2D eigenvalue weighted by Gasteiger charge is 2.15. The van der Waals surface area contributed by atoms with Crippen LogP contribution in [0, 0.1) is 0 Å². The summed E-state index contributed by atoms with van der Waals surface area (Å²) in [5.41, 5.74) is 1.03. The van der Waals surface area contributed by atoms with Crippen molar-refractivity contribution in [1.29, 1.82) is 0 Å². The van der Waals surface area contributed by atoms with Gasteiger partial charge in [0.25, 0.3) is 0 Å². The second-order valence-electron chi connectivity index (χ2n) is 3.40. The van der Waals surface area contributed by atoms with Crippen LogP contribution >= 0.6 is 15.9 Å². The van der Waals surface area contributed by atoms with E-state index >= 15 is 0 Å². The maximum atomic E-state index is 9.57. The smallest absolute Gasteiger partial charge is 0.133 e. The van der Waals surface area contributed by atoms with Gasteiger partial charge in [0, 0.05) is 0 Å². The van der Waals surface area contributed by atoms with Crippen LogP contribution in [0.25, 0.3) is 0 Å². The Bertz CT molecular complexity index is 328. The summed E-state index contributed by atoms with van der Waals surface area (Å²) in [6.45, 7) is 1.76. The van der Waals surface area contributed by atoms with Crippen LogP contribution in [0.3, 0.4) is 0 Å². The first-order valence-corrected chi connectivity index (χ1v) is 5.58.